The molecule has 0 radical (unpaired) electrons. The summed E-state index contributed by atoms with van der Waals surface area (Å²) in [5, 5.41) is 3.28. The maximum absolute atomic E-state index is 4.48. The van der Waals surface area contributed by atoms with Crippen LogP contribution in [0.2, 0.25) is 0 Å². The van der Waals surface area contributed by atoms with E-state index in [-0.39, 0.29) is 0 Å². The van der Waals surface area contributed by atoms with Crippen molar-refractivity contribution in [3.8, 4) is 5.69 Å². The number of benzene rings is 1. The maximum Gasteiger partial charge on any atom is 0.207 e. The fourth-order valence-electron chi connectivity index (χ4n) is 1.81. The standard InChI is InChI=1S/C13H16BrN3/c1-4-15-13-16-10(3)8-17(13)12-7-11(14)6-5-9(12)2/h5-8H,4H2,1-3H3,(H,15,16). The fraction of sp³-hybridized carbons (Fsp3) is 0.308. The van der Waals surface area contributed by atoms with Gasteiger partial charge in [0.2, 0.25) is 5.95 Å². The van der Waals surface area contributed by atoms with Crippen molar-refractivity contribution in [2.45, 2.75) is 20.8 Å². The minimum Gasteiger partial charge on any atom is -0.356 e. The van der Waals surface area contributed by atoms with Crippen molar-refractivity contribution < 1.29 is 0 Å². The van der Waals surface area contributed by atoms with E-state index in [0.29, 0.717) is 0 Å². The van der Waals surface area contributed by atoms with Gasteiger partial charge in [-0.15, -0.1) is 0 Å². The average molecular weight is 294 g/mol. The van der Waals surface area contributed by atoms with Crippen molar-refractivity contribution in [1.29, 1.82) is 0 Å². The third-order valence-corrected chi connectivity index (χ3v) is 3.09. The molecular weight excluding hydrogens is 278 g/mol. The molecule has 0 amide bonds. The number of hydrogen-bond acceptors (Lipinski definition) is 2. The lowest BCUT2D eigenvalue weighted by Crippen LogP contribution is -2.05. The molecule has 1 aromatic carbocycles. The minimum absolute atomic E-state index is 0.865. The summed E-state index contributed by atoms with van der Waals surface area (Å²) in [5.41, 5.74) is 3.39. The van der Waals surface area contributed by atoms with Gasteiger partial charge in [0.05, 0.1) is 11.4 Å². The predicted molar refractivity (Wildman–Crippen MR) is 74.9 cm³/mol. The van der Waals surface area contributed by atoms with Crippen molar-refractivity contribution in [1.82, 2.24) is 9.55 Å². The molecule has 1 heterocycles. The number of nitrogens with one attached hydrogen (secondary N) is 1. The van der Waals surface area contributed by atoms with Gasteiger partial charge in [-0.05, 0) is 38.5 Å². The Kier molecular flexibility index (Phi) is 3.52. The molecule has 90 valence electrons. The number of halogens is 1. The van der Waals surface area contributed by atoms with Crippen LogP contribution in [0.1, 0.15) is 18.2 Å². The van der Waals surface area contributed by atoms with Crippen LogP contribution in [0.5, 0.6) is 0 Å². The van der Waals surface area contributed by atoms with E-state index in [1.165, 1.54) is 5.56 Å². The summed E-state index contributed by atoms with van der Waals surface area (Å²) in [4.78, 5) is 4.48. The van der Waals surface area contributed by atoms with Crippen LogP contribution < -0.4 is 5.32 Å². The van der Waals surface area contributed by atoms with E-state index >= 15 is 0 Å². The smallest absolute Gasteiger partial charge is 0.207 e. The lowest BCUT2D eigenvalue weighted by Gasteiger charge is -2.11. The van der Waals surface area contributed by atoms with Gasteiger partial charge >= 0.3 is 0 Å². The van der Waals surface area contributed by atoms with E-state index in [4.69, 9.17) is 0 Å². The summed E-state index contributed by atoms with van der Waals surface area (Å²) in [6, 6.07) is 6.26. The molecule has 0 atom stereocenters. The molecule has 0 saturated heterocycles. The Morgan fingerprint density at radius 2 is 2.12 bits per heavy atom. The third-order valence-electron chi connectivity index (χ3n) is 2.59. The van der Waals surface area contributed by atoms with E-state index in [0.717, 1.165) is 28.3 Å². The van der Waals surface area contributed by atoms with E-state index in [9.17, 15) is 0 Å². The number of nitrogens with zero attached hydrogens (tertiary/aromatic N) is 2. The summed E-state index contributed by atoms with van der Waals surface area (Å²) in [7, 11) is 0. The highest BCUT2D eigenvalue weighted by atomic mass is 79.9. The van der Waals surface area contributed by atoms with Gasteiger partial charge in [0, 0.05) is 17.2 Å². The Morgan fingerprint density at radius 3 is 2.82 bits per heavy atom. The minimum atomic E-state index is 0.865. The Balaban J connectivity index is 2.55. The number of imidazole rings is 1. The first-order valence-electron chi connectivity index (χ1n) is 5.68. The van der Waals surface area contributed by atoms with E-state index in [2.05, 4.69) is 62.8 Å². The van der Waals surface area contributed by atoms with Crippen molar-refractivity contribution >= 4 is 21.9 Å². The van der Waals surface area contributed by atoms with Crippen LogP contribution in [-0.4, -0.2) is 16.1 Å². The molecule has 0 bridgehead atoms. The number of aryl methyl sites for hydroxylation is 2. The van der Waals surface area contributed by atoms with Crippen LogP contribution >= 0.6 is 15.9 Å². The van der Waals surface area contributed by atoms with Crippen LogP contribution in [0.4, 0.5) is 5.95 Å². The second kappa shape index (κ2) is 4.92. The van der Waals surface area contributed by atoms with Gasteiger partial charge in [0.15, 0.2) is 0 Å². The quantitative estimate of drug-likeness (QED) is 0.935. The molecule has 0 unspecified atom stereocenters. The summed E-state index contributed by atoms with van der Waals surface area (Å²) >= 11 is 3.51. The number of hydrogen-bond donors (Lipinski definition) is 1. The molecule has 2 rings (SSSR count). The van der Waals surface area contributed by atoms with Crippen LogP contribution in [0.25, 0.3) is 5.69 Å². The molecule has 0 saturated carbocycles. The molecule has 0 fully saturated rings. The fourth-order valence-corrected chi connectivity index (χ4v) is 2.16. The van der Waals surface area contributed by atoms with E-state index in [1.807, 2.05) is 13.1 Å². The van der Waals surface area contributed by atoms with Gasteiger partial charge in [-0.1, -0.05) is 22.0 Å². The second-order valence-corrected chi connectivity index (χ2v) is 4.95. The third kappa shape index (κ3) is 2.52. The molecule has 0 aliphatic heterocycles. The Bertz CT molecular complexity index is 531. The highest BCUT2D eigenvalue weighted by molar-refractivity contribution is 9.10. The van der Waals surface area contributed by atoms with Gasteiger partial charge in [-0.2, -0.15) is 0 Å². The van der Waals surface area contributed by atoms with Crippen LogP contribution in [0.3, 0.4) is 0 Å². The highest BCUT2D eigenvalue weighted by Crippen LogP contribution is 2.23. The molecule has 3 nitrogen and oxygen atoms in total. The topological polar surface area (TPSA) is 29.9 Å². The highest BCUT2D eigenvalue weighted by Gasteiger charge is 2.09. The van der Waals surface area contributed by atoms with Crippen molar-refractivity contribution in [2.24, 2.45) is 0 Å². The van der Waals surface area contributed by atoms with Gasteiger partial charge in [-0.3, -0.25) is 4.57 Å². The summed E-state index contributed by atoms with van der Waals surface area (Å²) in [5.74, 6) is 0.895. The normalized spacial score (nSPS) is 10.6. The van der Waals surface area contributed by atoms with Gasteiger partial charge in [0.25, 0.3) is 0 Å². The van der Waals surface area contributed by atoms with E-state index in [1.54, 1.807) is 0 Å². The van der Waals surface area contributed by atoms with Crippen LogP contribution in [0, 0.1) is 13.8 Å². The molecule has 1 aromatic heterocycles. The largest absolute Gasteiger partial charge is 0.356 e. The molecule has 17 heavy (non-hydrogen) atoms. The number of aromatic nitrogens is 2. The van der Waals surface area contributed by atoms with Crippen LogP contribution in [0.15, 0.2) is 28.9 Å². The lowest BCUT2D eigenvalue weighted by atomic mass is 10.2. The van der Waals surface area contributed by atoms with Gasteiger partial charge in [-0.25, -0.2) is 4.98 Å². The number of anilines is 1. The molecule has 0 aliphatic carbocycles. The van der Waals surface area contributed by atoms with Crippen molar-refractivity contribution in [3.05, 3.63) is 40.1 Å². The Labute approximate surface area is 110 Å². The lowest BCUT2D eigenvalue weighted by molar-refractivity contribution is 1.01. The second-order valence-electron chi connectivity index (χ2n) is 4.04. The SMILES string of the molecule is CCNc1nc(C)cn1-c1cc(Br)ccc1C. The molecule has 2 aromatic rings. The zero-order chi connectivity index (χ0) is 12.4. The first kappa shape index (κ1) is 12.2. The Morgan fingerprint density at radius 1 is 1.35 bits per heavy atom. The maximum atomic E-state index is 4.48. The van der Waals surface area contributed by atoms with E-state index < -0.39 is 0 Å². The summed E-state index contributed by atoms with van der Waals surface area (Å²) in [6.07, 6.45) is 2.05. The summed E-state index contributed by atoms with van der Waals surface area (Å²) < 4.78 is 3.17. The molecule has 0 spiro atoms. The van der Waals surface area contributed by atoms with Crippen molar-refractivity contribution in [3.63, 3.8) is 0 Å². The zero-order valence-corrected chi connectivity index (χ0v) is 11.9. The monoisotopic (exact) mass is 293 g/mol. The molecule has 1 N–H and O–H groups in total. The molecular formula is C13H16BrN3. The predicted octanol–water partition coefficient (Wildman–Crippen LogP) is 3.68. The van der Waals surface area contributed by atoms with Gasteiger partial charge in [0.1, 0.15) is 0 Å². The first-order valence-corrected chi connectivity index (χ1v) is 6.47. The average Bonchev–Trinajstić information content (AvgIpc) is 2.64. The molecule has 0 aliphatic rings. The van der Waals surface area contributed by atoms with Gasteiger partial charge < -0.3 is 5.32 Å². The number of rotatable bonds is 3. The zero-order valence-electron chi connectivity index (χ0n) is 10.3. The Hall–Kier alpha value is -1.29. The van der Waals surface area contributed by atoms with Crippen LogP contribution in [-0.2, 0) is 0 Å². The first-order chi connectivity index (χ1) is 8.11. The van der Waals surface area contributed by atoms with Crippen molar-refractivity contribution in [2.75, 3.05) is 11.9 Å². The molecule has 4 heteroatoms. The summed E-state index contributed by atoms with van der Waals surface area (Å²) in [6.45, 7) is 7.04.